The molecule has 0 heterocycles. The third-order valence-electron chi connectivity index (χ3n) is 7.58. The van der Waals surface area contributed by atoms with Crippen molar-refractivity contribution in [2.45, 2.75) is 57.1 Å². The second-order valence-electron chi connectivity index (χ2n) is 10.9. The number of anilines is 1. The third-order valence-corrected chi connectivity index (χ3v) is 9.37. The van der Waals surface area contributed by atoms with Crippen molar-refractivity contribution in [2.75, 3.05) is 17.5 Å². The van der Waals surface area contributed by atoms with E-state index in [0.29, 0.717) is 18.8 Å². The van der Waals surface area contributed by atoms with Gasteiger partial charge in [-0.2, -0.15) is 0 Å². The van der Waals surface area contributed by atoms with Crippen LogP contribution < -0.4 is 14.4 Å². The molecule has 0 bridgehead atoms. The number of sulfonamides is 1. The van der Waals surface area contributed by atoms with E-state index in [1.807, 2.05) is 81.4 Å². The highest BCUT2D eigenvalue weighted by molar-refractivity contribution is 7.92. The summed E-state index contributed by atoms with van der Waals surface area (Å²) in [5.74, 6) is -0.993. The van der Waals surface area contributed by atoms with E-state index in [-0.39, 0.29) is 35.5 Å². The number of halogens is 1. The number of benzene rings is 4. The van der Waals surface area contributed by atoms with E-state index in [1.165, 1.54) is 41.3 Å². The summed E-state index contributed by atoms with van der Waals surface area (Å²) >= 11 is 0. The molecule has 4 rings (SSSR count). The molecule has 242 valence electrons. The van der Waals surface area contributed by atoms with Crippen molar-refractivity contribution in [1.29, 1.82) is 0 Å². The minimum atomic E-state index is -4.32. The van der Waals surface area contributed by atoms with Gasteiger partial charge in [0.25, 0.3) is 10.0 Å². The second kappa shape index (κ2) is 16.0. The lowest BCUT2D eigenvalue weighted by Crippen LogP contribution is -2.54. The number of amides is 2. The van der Waals surface area contributed by atoms with E-state index >= 15 is 0 Å². The maximum Gasteiger partial charge on any atom is 0.264 e. The molecular weight excluding hydrogens is 605 g/mol. The number of nitrogens with one attached hydrogen (secondary N) is 1. The molecule has 0 saturated heterocycles. The van der Waals surface area contributed by atoms with Crippen LogP contribution in [0.3, 0.4) is 0 Å². The number of ether oxygens (including phenoxy) is 1. The zero-order valence-electron chi connectivity index (χ0n) is 26.3. The van der Waals surface area contributed by atoms with E-state index in [9.17, 15) is 22.4 Å². The zero-order chi connectivity index (χ0) is 33.1. The molecule has 0 aliphatic carbocycles. The van der Waals surface area contributed by atoms with Crippen LogP contribution in [-0.4, -0.2) is 50.4 Å². The quantitative estimate of drug-likeness (QED) is 0.172. The van der Waals surface area contributed by atoms with E-state index in [0.717, 1.165) is 27.6 Å². The topological polar surface area (TPSA) is 96.0 Å². The van der Waals surface area contributed by atoms with Gasteiger partial charge in [0.05, 0.1) is 17.2 Å². The standard InChI is InChI=1S/C36H40FN3O5S/c1-4-27(3)38-36(42)34(24-28-12-8-6-9-13-28)39(25-29-14-10-7-11-15-29)35(41)26-40(31-18-16-30(37)17-19-31)46(43,44)33-22-20-32(21-23-33)45-5-2/h6-23,27,34H,4-5,24-26H2,1-3H3,(H,38,42). The molecule has 8 nitrogen and oxygen atoms in total. The van der Waals surface area contributed by atoms with Gasteiger partial charge in [-0.05, 0) is 79.9 Å². The molecule has 0 spiro atoms. The number of nitrogens with zero attached hydrogens (tertiary/aromatic N) is 2. The maximum absolute atomic E-state index is 14.5. The molecule has 0 radical (unpaired) electrons. The summed E-state index contributed by atoms with van der Waals surface area (Å²) in [4.78, 5) is 29.7. The third kappa shape index (κ3) is 8.94. The summed E-state index contributed by atoms with van der Waals surface area (Å²) in [5.41, 5.74) is 1.72. The summed E-state index contributed by atoms with van der Waals surface area (Å²) in [7, 11) is -4.32. The molecule has 10 heteroatoms. The van der Waals surface area contributed by atoms with Crippen LogP contribution in [0.1, 0.15) is 38.3 Å². The molecule has 2 atom stereocenters. The van der Waals surface area contributed by atoms with Crippen LogP contribution in [0.15, 0.2) is 114 Å². The van der Waals surface area contributed by atoms with E-state index in [4.69, 9.17) is 4.74 Å². The number of hydrogen-bond donors (Lipinski definition) is 1. The Kier molecular flexibility index (Phi) is 11.9. The molecule has 2 amide bonds. The SMILES string of the molecule is CCOc1ccc(S(=O)(=O)N(CC(=O)N(Cc2ccccc2)C(Cc2ccccc2)C(=O)NC(C)CC)c2ccc(F)cc2)cc1. The monoisotopic (exact) mass is 645 g/mol. The van der Waals surface area contributed by atoms with Gasteiger partial charge in [-0.15, -0.1) is 0 Å². The lowest BCUT2D eigenvalue weighted by molar-refractivity contribution is -0.140. The first-order valence-electron chi connectivity index (χ1n) is 15.3. The highest BCUT2D eigenvalue weighted by atomic mass is 32.2. The Morgan fingerprint density at radius 1 is 0.826 bits per heavy atom. The van der Waals surface area contributed by atoms with Gasteiger partial charge >= 0.3 is 0 Å². The largest absolute Gasteiger partial charge is 0.494 e. The van der Waals surface area contributed by atoms with Crippen molar-refractivity contribution in [3.05, 3.63) is 126 Å². The Morgan fingerprint density at radius 3 is 1.98 bits per heavy atom. The lowest BCUT2D eigenvalue weighted by atomic mass is 10.0. The van der Waals surface area contributed by atoms with Crippen molar-refractivity contribution in [3.63, 3.8) is 0 Å². The normalized spacial score (nSPS) is 12.5. The molecule has 0 aromatic heterocycles. The van der Waals surface area contributed by atoms with Crippen molar-refractivity contribution in [1.82, 2.24) is 10.2 Å². The van der Waals surface area contributed by atoms with Gasteiger partial charge in [0.15, 0.2) is 0 Å². The highest BCUT2D eigenvalue weighted by Crippen LogP contribution is 2.27. The first-order chi connectivity index (χ1) is 22.1. The number of hydrogen-bond acceptors (Lipinski definition) is 5. The van der Waals surface area contributed by atoms with Gasteiger partial charge in [-0.25, -0.2) is 12.8 Å². The van der Waals surface area contributed by atoms with Gasteiger partial charge in [0.1, 0.15) is 24.2 Å². The average Bonchev–Trinajstić information content (AvgIpc) is 3.06. The predicted molar refractivity (Wildman–Crippen MR) is 177 cm³/mol. The molecule has 4 aromatic carbocycles. The molecule has 0 aliphatic heterocycles. The molecule has 0 saturated carbocycles. The van der Waals surface area contributed by atoms with Crippen LogP contribution in [0.25, 0.3) is 0 Å². The van der Waals surface area contributed by atoms with Crippen LogP contribution in [0, 0.1) is 5.82 Å². The summed E-state index contributed by atoms with van der Waals surface area (Å²) in [6, 6.07) is 28.3. The minimum Gasteiger partial charge on any atom is -0.494 e. The minimum absolute atomic E-state index is 0.0610. The number of carbonyl (C=O) groups is 2. The van der Waals surface area contributed by atoms with Crippen molar-refractivity contribution < 1.29 is 27.1 Å². The van der Waals surface area contributed by atoms with E-state index < -0.39 is 34.3 Å². The summed E-state index contributed by atoms with van der Waals surface area (Å²) < 4.78 is 48.6. The fourth-order valence-electron chi connectivity index (χ4n) is 4.91. The van der Waals surface area contributed by atoms with Gasteiger partial charge in [0.2, 0.25) is 11.8 Å². The Labute approximate surface area is 270 Å². The molecule has 2 unspecified atom stereocenters. The Hall–Kier alpha value is -4.70. The molecule has 4 aromatic rings. The Balaban J connectivity index is 1.78. The van der Waals surface area contributed by atoms with Crippen molar-refractivity contribution in [3.8, 4) is 5.75 Å². The first kappa shape index (κ1) is 34.2. The number of rotatable bonds is 15. The van der Waals surface area contributed by atoms with Crippen molar-refractivity contribution in [2.24, 2.45) is 0 Å². The van der Waals surface area contributed by atoms with Crippen LogP contribution in [0.2, 0.25) is 0 Å². The van der Waals surface area contributed by atoms with Gasteiger partial charge in [-0.1, -0.05) is 67.6 Å². The van der Waals surface area contributed by atoms with Crippen LogP contribution in [-0.2, 0) is 32.6 Å². The van der Waals surface area contributed by atoms with E-state index in [2.05, 4.69) is 5.32 Å². The smallest absolute Gasteiger partial charge is 0.264 e. The molecule has 0 fully saturated rings. The fourth-order valence-corrected chi connectivity index (χ4v) is 6.33. The van der Waals surface area contributed by atoms with Gasteiger partial charge < -0.3 is 15.0 Å². The van der Waals surface area contributed by atoms with Gasteiger partial charge in [-0.3, -0.25) is 13.9 Å². The summed E-state index contributed by atoms with van der Waals surface area (Å²) in [6.45, 7) is 5.51. The second-order valence-corrected chi connectivity index (χ2v) is 12.8. The van der Waals surface area contributed by atoms with Crippen LogP contribution in [0.5, 0.6) is 5.75 Å². The predicted octanol–water partition coefficient (Wildman–Crippen LogP) is 5.97. The highest BCUT2D eigenvalue weighted by Gasteiger charge is 2.35. The lowest BCUT2D eigenvalue weighted by Gasteiger charge is -2.34. The number of carbonyl (C=O) groups excluding carboxylic acids is 2. The van der Waals surface area contributed by atoms with E-state index in [1.54, 1.807) is 0 Å². The zero-order valence-corrected chi connectivity index (χ0v) is 27.1. The van der Waals surface area contributed by atoms with Crippen LogP contribution >= 0.6 is 0 Å². The molecule has 1 N–H and O–H groups in total. The Morgan fingerprint density at radius 2 is 1.41 bits per heavy atom. The Bertz CT molecular complexity index is 1670. The maximum atomic E-state index is 14.5. The molecule has 46 heavy (non-hydrogen) atoms. The molecule has 0 aliphatic rings. The average molecular weight is 646 g/mol. The first-order valence-corrected chi connectivity index (χ1v) is 16.7. The van der Waals surface area contributed by atoms with Crippen molar-refractivity contribution >= 4 is 27.5 Å². The summed E-state index contributed by atoms with van der Waals surface area (Å²) in [6.07, 6.45) is 0.902. The fraction of sp³-hybridized carbons (Fsp3) is 0.278. The summed E-state index contributed by atoms with van der Waals surface area (Å²) in [5, 5.41) is 3.02. The van der Waals surface area contributed by atoms with Gasteiger partial charge in [0, 0.05) is 19.0 Å². The molecular formula is C36H40FN3O5S. The van der Waals surface area contributed by atoms with Crippen LogP contribution in [0.4, 0.5) is 10.1 Å².